The Labute approximate surface area is 120 Å². The maximum atomic E-state index is 5.14. The third-order valence-electron chi connectivity index (χ3n) is 3.43. The van der Waals surface area contributed by atoms with Crippen molar-refractivity contribution in [1.82, 2.24) is 9.55 Å². The Hall–Kier alpha value is -1.81. The SMILES string of the molecule is COCCn1cc(C)nc1NC(C)c1ccccc1C. The molecule has 1 heterocycles. The number of aryl methyl sites for hydroxylation is 2. The van der Waals surface area contributed by atoms with Crippen LogP contribution in [0.4, 0.5) is 5.95 Å². The van der Waals surface area contributed by atoms with E-state index in [1.54, 1.807) is 7.11 Å². The number of nitrogens with zero attached hydrogens (tertiary/aromatic N) is 2. The number of benzene rings is 1. The molecule has 2 rings (SSSR count). The first kappa shape index (κ1) is 14.6. The van der Waals surface area contributed by atoms with Crippen molar-refractivity contribution in [3.63, 3.8) is 0 Å². The van der Waals surface area contributed by atoms with Gasteiger partial charge in [-0.15, -0.1) is 0 Å². The van der Waals surface area contributed by atoms with Gasteiger partial charge in [0.1, 0.15) is 0 Å². The maximum absolute atomic E-state index is 5.14. The van der Waals surface area contributed by atoms with E-state index in [9.17, 15) is 0 Å². The Bertz CT molecular complexity index is 563. The molecule has 0 fully saturated rings. The van der Waals surface area contributed by atoms with E-state index in [0.29, 0.717) is 6.61 Å². The minimum atomic E-state index is 0.222. The molecule has 1 aromatic heterocycles. The fourth-order valence-corrected chi connectivity index (χ4v) is 2.37. The highest BCUT2D eigenvalue weighted by Gasteiger charge is 2.12. The summed E-state index contributed by atoms with van der Waals surface area (Å²) in [6, 6.07) is 8.65. The lowest BCUT2D eigenvalue weighted by Crippen LogP contribution is -2.14. The summed E-state index contributed by atoms with van der Waals surface area (Å²) >= 11 is 0. The Morgan fingerprint density at radius 1 is 1.30 bits per heavy atom. The van der Waals surface area contributed by atoms with Gasteiger partial charge in [0, 0.05) is 19.9 Å². The lowest BCUT2D eigenvalue weighted by Gasteiger charge is -2.18. The molecule has 0 aliphatic carbocycles. The fraction of sp³-hybridized carbons (Fsp3) is 0.438. The minimum Gasteiger partial charge on any atom is -0.383 e. The average Bonchev–Trinajstić information content (AvgIpc) is 2.76. The number of imidazole rings is 1. The number of rotatable bonds is 6. The van der Waals surface area contributed by atoms with Crippen LogP contribution in [0.25, 0.3) is 0 Å². The Balaban J connectivity index is 2.15. The van der Waals surface area contributed by atoms with Crippen molar-refractivity contribution >= 4 is 5.95 Å². The molecule has 108 valence electrons. The van der Waals surface area contributed by atoms with Crippen LogP contribution in [0.2, 0.25) is 0 Å². The highest BCUT2D eigenvalue weighted by atomic mass is 16.5. The van der Waals surface area contributed by atoms with Crippen molar-refractivity contribution in [3.05, 3.63) is 47.3 Å². The largest absolute Gasteiger partial charge is 0.383 e. The summed E-state index contributed by atoms with van der Waals surface area (Å²) in [5, 5.41) is 3.49. The molecule has 1 N–H and O–H groups in total. The molecule has 0 amide bonds. The van der Waals surface area contributed by atoms with Crippen LogP contribution in [0.5, 0.6) is 0 Å². The second kappa shape index (κ2) is 6.57. The molecular formula is C16H23N3O. The monoisotopic (exact) mass is 273 g/mol. The quantitative estimate of drug-likeness (QED) is 0.877. The zero-order chi connectivity index (χ0) is 14.5. The number of aromatic nitrogens is 2. The number of ether oxygens (including phenoxy) is 1. The third kappa shape index (κ3) is 3.39. The van der Waals surface area contributed by atoms with Gasteiger partial charge in [0.2, 0.25) is 5.95 Å². The van der Waals surface area contributed by atoms with Crippen molar-refractivity contribution in [1.29, 1.82) is 0 Å². The van der Waals surface area contributed by atoms with E-state index >= 15 is 0 Å². The number of hydrogen-bond donors (Lipinski definition) is 1. The number of nitrogens with one attached hydrogen (secondary N) is 1. The van der Waals surface area contributed by atoms with Gasteiger partial charge in [0.25, 0.3) is 0 Å². The first-order valence-electron chi connectivity index (χ1n) is 6.96. The molecule has 1 atom stereocenters. The summed E-state index contributed by atoms with van der Waals surface area (Å²) in [6.07, 6.45) is 2.05. The van der Waals surface area contributed by atoms with E-state index in [2.05, 4.69) is 53.0 Å². The van der Waals surface area contributed by atoms with Crippen molar-refractivity contribution in [2.45, 2.75) is 33.4 Å². The topological polar surface area (TPSA) is 39.1 Å². The van der Waals surface area contributed by atoms with E-state index in [4.69, 9.17) is 4.74 Å². The molecule has 0 spiro atoms. The van der Waals surface area contributed by atoms with E-state index < -0.39 is 0 Å². The van der Waals surface area contributed by atoms with E-state index in [-0.39, 0.29) is 6.04 Å². The van der Waals surface area contributed by atoms with Crippen LogP contribution >= 0.6 is 0 Å². The van der Waals surface area contributed by atoms with Crippen LogP contribution in [0, 0.1) is 13.8 Å². The molecule has 0 radical (unpaired) electrons. The first-order chi connectivity index (χ1) is 9.61. The van der Waals surface area contributed by atoms with Crippen LogP contribution in [0.1, 0.15) is 29.8 Å². The molecule has 0 bridgehead atoms. The van der Waals surface area contributed by atoms with Crippen LogP contribution in [-0.4, -0.2) is 23.3 Å². The second-order valence-corrected chi connectivity index (χ2v) is 5.11. The van der Waals surface area contributed by atoms with Crippen LogP contribution in [0.15, 0.2) is 30.5 Å². The molecule has 20 heavy (non-hydrogen) atoms. The van der Waals surface area contributed by atoms with Gasteiger partial charge in [-0.1, -0.05) is 24.3 Å². The van der Waals surface area contributed by atoms with Crippen molar-refractivity contribution in [2.75, 3.05) is 19.0 Å². The average molecular weight is 273 g/mol. The summed E-state index contributed by atoms with van der Waals surface area (Å²) in [6.45, 7) is 7.79. The first-order valence-corrected chi connectivity index (χ1v) is 6.96. The highest BCUT2D eigenvalue weighted by molar-refractivity contribution is 5.37. The Morgan fingerprint density at radius 2 is 2.05 bits per heavy atom. The van der Waals surface area contributed by atoms with Gasteiger partial charge < -0.3 is 14.6 Å². The maximum Gasteiger partial charge on any atom is 0.203 e. The molecule has 0 aliphatic heterocycles. The van der Waals surface area contributed by atoms with Crippen molar-refractivity contribution < 1.29 is 4.74 Å². The summed E-state index contributed by atoms with van der Waals surface area (Å²) < 4.78 is 7.25. The molecule has 0 aliphatic rings. The lowest BCUT2D eigenvalue weighted by atomic mass is 10.0. The van der Waals surface area contributed by atoms with Crippen LogP contribution in [-0.2, 0) is 11.3 Å². The molecule has 4 nitrogen and oxygen atoms in total. The van der Waals surface area contributed by atoms with E-state index in [0.717, 1.165) is 18.2 Å². The van der Waals surface area contributed by atoms with Crippen molar-refractivity contribution in [3.8, 4) is 0 Å². The molecule has 2 aromatic rings. The van der Waals surface area contributed by atoms with Gasteiger partial charge in [-0.25, -0.2) is 4.98 Å². The number of anilines is 1. The molecule has 1 unspecified atom stereocenters. The summed E-state index contributed by atoms with van der Waals surface area (Å²) in [5.41, 5.74) is 3.60. The Morgan fingerprint density at radius 3 is 2.75 bits per heavy atom. The molecule has 1 aromatic carbocycles. The smallest absolute Gasteiger partial charge is 0.203 e. The third-order valence-corrected chi connectivity index (χ3v) is 3.43. The Kier molecular flexibility index (Phi) is 4.79. The lowest BCUT2D eigenvalue weighted by molar-refractivity contribution is 0.187. The normalized spacial score (nSPS) is 12.4. The highest BCUT2D eigenvalue weighted by Crippen LogP contribution is 2.21. The molecular weight excluding hydrogens is 250 g/mol. The summed E-state index contributed by atoms with van der Waals surface area (Å²) in [4.78, 5) is 4.55. The predicted molar refractivity (Wildman–Crippen MR) is 82.1 cm³/mol. The minimum absolute atomic E-state index is 0.222. The molecule has 4 heteroatoms. The van der Waals surface area contributed by atoms with Gasteiger partial charge in [0.05, 0.1) is 18.3 Å². The van der Waals surface area contributed by atoms with Gasteiger partial charge >= 0.3 is 0 Å². The second-order valence-electron chi connectivity index (χ2n) is 5.11. The zero-order valence-corrected chi connectivity index (χ0v) is 12.7. The fourth-order valence-electron chi connectivity index (χ4n) is 2.37. The van der Waals surface area contributed by atoms with Gasteiger partial charge in [0.15, 0.2) is 0 Å². The summed E-state index contributed by atoms with van der Waals surface area (Å²) in [5.74, 6) is 0.898. The van der Waals surface area contributed by atoms with Gasteiger partial charge in [-0.3, -0.25) is 0 Å². The van der Waals surface area contributed by atoms with Crippen LogP contribution in [0.3, 0.4) is 0 Å². The van der Waals surface area contributed by atoms with Gasteiger partial charge in [-0.05, 0) is 31.9 Å². The molecule has 0 saturated carbocycles. The number of methoxy groups -OCH3 is 1. The van der Waals surface area contributed by atoms with E-state index in [1.807, 2.05) is 13.1 Å². The summed E-state index contributed by atoms with van der Waals surface area (Å²) in [7, 11) is 1.72. The van der Waals surface area contributed by atoms with E-state index in [1.165, 1.54) is 11.1 Å². The number of hydrogen-bond acceptors (Lipinski definition) is 3. The zero-order valence-electron chi connectivity index (χ0n) is 12.7. The predicted octanol–water partition coefficient (Wildman–Crippen LogP) is 3.32. The standard InChI is InChI=1S/C16H23N3O/c1-12-7-5-6-8-15(12)14(3)18-16-17-13(2)11-19(16)9-10-20-4/h5-8,11,14H,9-10H2,1-4H3,(H,17,18). The molecule has 0 saturated heterocycles. The van der Waals surface area contributed by atoms with Crippen LogP contribution < -0.4 is 5.32 Å². The van der Waals surface area contributed by atoms with Gasteiger partial charge in [-0.2, -0.15) is 0 Å². The van der Waals surface area contributed by atoms with Crippen molar-refractivity contribution in [2.24, 2.45) is 0 Å².